The highest BCUT2D eigenvalue weighted by atomic mass is 79.9. The average molecular weight is 388 g/mol. The topological polar surface area (TPSA) is 35.8 Å². The van der Waals surface area contributed by atoms with Crippen molar-refractivity contribution < 1.29 is 4.39 Å². The molecule has 2 nitrogen and oxygen atoms in total. The van der Waals surface area contributed by atoms with Gasteiger partial charge in [0.25, 0.3) is 0 Å². The van der Waals surface area contributed by atoms with E-state index < -0.39 is 5.82 Å². The van der Waals surface area contributed by atoms with Crippen molar-refractivity contribution in [3.8, 4) is 6.07 Å². The summed E-state index contributed by atoms with van der Waals surface area (Å²) in [6, 6.07) is 9.80. The van der Waals surface area contributed by atoms with Gasteiger partial charge in [-0.3, -0.25) is 0 Å². The lowest BCUT2D eigenvalue weighted by molar-refractivity contribution is 0.624. The normalized spacial score (nSPS) is 11.8. The molecule has 0 fully saturated rings. The summed E-state index contributed by atoms with van der Waals surface area (Å²) in [6.07, 6.45) is 0. The second kappa shape index (κ2) is 6.65. The number of anilines is 1. The van der Waals surface area contributed by atoms with E-state index in [0.29, 0.717) is 21.8 Å². The lowest BCUT2D eigenvalue weighted by atomic mass is 10.1. The molecule has 21 heavy (non-hydrogen) atoms. The fourth-order valence-corrected chi connectivity index (χ4v) is 2.82. The van der Waals surface area contributed by atoms with Gasteiger partial charge in [0.1, 0.15) is 11.9 Å². The highest BCUT2D eigenvalue weighted by molar-refractivity contribution is 9.10. The average Bonchev–Trinajstić information content (AvgIpc) is 2.44. The van der Waals surface area contributed by atoms with Crippen molar-refractivity contribution in [1.82, 2.24) is 0 Å². The minimum absolute atomic E-state index is 0.0164. The van der Waals surface area contributed by atoms with Crippen LogP contribution in [0.3, 0.4) is 0 Å². The predicted molar refractivity (Wildman–Crippen MR) is 87.3 cm³/mol. The summed E-state index contributed by atoms with van der Waals surface area (Å²) >= 11 is 15.1. The van der Waals surface area contributed by atoms with E-state index in [2.05, 4.69) is 27.3 Å². The van der Waals surface area contributed by atoms with E-state index in [0.717, 1.165) is 4.47 Å². The summed E-state index contributed by atoms with van der Waals surface area (Å²) in [7, 11) is 0. The largest absolute Gasteiger partial charge is 0.377 e. The van der Waals surface area contributed by atoms with Crippen LogP contribution in [-0.2, 0) is 0 Å². The summed E-state index contributed by atoms with van der Waals surface area (Å²) in [5.41, 5.74) is 1.71. The number of nitriles is 1. The van der Waals surface area contributed by atoms with E-state index in [-0.39, 0.29) is 11.1 Å². The predicted octanol–water partition coefficient (Wildman–Crippen LogP) is 5.94. The van der Waals surface area contributed by atoms with Crippen LogP contribution in [0, 0.1) is 17.1 Å². The van der Waals surface area contributed by atoms with Crippen LogP contribution in [0.15, 0.2) is 34.8 Å². The molecule has 0 bridgehead atoms. The van der Waals surface area contributed by atoms with Crippen molar-refractivity contribution in [1.29, 1.82) is 5.26 Å². The van der Waals surface area contributed by atoms with Gasteiger partial charge in [-0.1, -0.05) is 39.1 Å². The molecular formula is C15H10BrCl2FN2. The van der Waals surface area contributed by atoms with Crippen molar-refractivity contribution >= 4 is 44.8 Å². The zero-order valence-electron chi connectivity index (χ0n) is 10.9. The fraction of sp³-hybridized carbons (Fsp3) is 0.133. The number of hydrogen-bond acceptors (Lipinski definition) is 2. The van der Waals surface area contributed by atoms with Crippen molar-refractivity contribution in [2.45, 2.75) is 13.0 Å². The lowest BCUT2D eigenvalue weighted by Crippen LogP contribution is -2.09. The molecular weight excluding hydrogens is 378 g/mol. The maximum atomic E-state index is 13.6. The zero-order valence-corrected chi connectivity index (χ0v) is 14.0. The van der Waals surface area contributed by atoms with Crippen molar-refractivity contribution in [2.24, 2.45) is 0 Å². The standard InChI is InChI=1S/C15H10BrCl2FN2/c1-8(11-5-14(19)13(18)6-12(11)17)21-15-3-2-10(16)4-9(15)7-20/h2-6,8,21H,1H3. The Balaban J connectivity index is 2.33. The van der Waals surface area contributed by atoms with Gasteiger partial charge in [-0.2, -0.15) is 5.26 Å². The van der Waals surface area contributed by atoms with E-state index in [9.17, 15) is 4.39 Å². The van der Waals surface area contributed by atoms with Crippen LogP contribution in [0.5, 0.6) is 0 Å². The maximum Gasteiger partial charge on any atom is 0.142 e. The van der Waals surface area contributed by atoms with Crippen LogP contribution in [0.4, 0.5) is 10.1 Å². The first kappa shape index (κ1) is 16.1. The van der Waals surface area contributed by atoms with Crippen LogP contribution in [0.25, 0.3) is 0 Å². The van der Waals surface area contributed by atoms with Gasteiger partial charge in [-0.05, 0) is 42.8 Å². The van der Waals surface area contributed by atoms with E-state index in [1.165, 1.54) is 12.1 Å². The number of rotatable bonds is 3. The van der Waals surface area contributed by atoms with Gasteiger partial charge in [-0.25, -0.2) is 4.39 Å². The minimum atomic E-state index is -0.527. The van der Waals surface area contributed by atoms with Gasteiger partial charge in [0, 0.05) is 9.50 Å². The molecule has 6 heteroatoms. The van der Waals surface area contributed by atoms with Gasteiger partial charge >= 0.3 is 0 Å². The third-order valence-electron chi connectivity index (χ3n) is 2.98. The molecule has 1 atom stereocenters. The van der Waals surface area contributed by atoms with Crippen LogP contribution in [0.1, 0.15) is 24.1 Å². The van der Waals surface area contributed by atoms with Crippen molar-refractivity contribution in [3.05, 3.63) is 61.8 Å². The molecule has 0 aromatic heterocycles. The summed E-state index contributed by atoms with van der Waals surface area (Å²) < 4.78 is 14.4. The molecule has 0 aliphatic heterocycles. The Morgan fingerprint density at radius 2 is 1.95 bits per heavy atom. The van der Waals surface area contributed by atoms with Crippen molar-refractivity contribution in [3.63, 3.8) is 0 Å². The number of nitrogens with one attached hydrogen (secondary N) is 1. The Morgan fingerprint density at radius 3 is 2.62 bits per heavy atom. The molecule has 0 radical (unpaired) electrons. The third-order valence-corrected chi connectivity index (χ3v) is 4.09. The Labute approximate surface area is 140 Å². The van der Waals surface area contributed by atoms with Crippen LogP contribution in [0.2, 0.25) is 10.0 Å². The molecule has 0 aliphatic carbocycles. The van der Waals surface area contributed by atoms with Crippen LogP contribution in [-0.4, -0.2) is 0 Å². The van der Waals surface area contributed by atoms with Gasteiger partial charge in [0.15, 0.2) is 0 Å². The van der Waals surface area contributed by atoms with Gasteiger partial charge in [0.05, 0.1) is 22.3 Å². The van der Waals surface area contributed by atoms with E-state index >= 15 is 0 Å². The summed E-state index contributed by atoms with van der Waals surface area (Å²) in [5.74, 6) is -0.527. The first-order chi connectivity index (χ1) is 9.92. The lowest BCUT2D eigenvalue weighted by Gasteiger charge is -2.18. The highest BCUT2D eigenvalue weighted by Crippen LogP contribution is 2.31. The fourth-order valence-electron chi connectivity index (χ4n) is 1.92. The molecule has 0 saturated heterocycles. The summed E-state index contributed by atoms with van der Waals surface area (Å²) in [6.45, 7) is 1.83. The molecule has 2 rings (SSSR count). The zero-order chi connectivity index (χ0) is 15.6. The highest BCUT2D eigenvalue weighted by Gasteiger charge is 2.14. The summed E-state index contributed by atoms with van der Waals surface area (Å²) in [4.78, 5) is 0. The van der Waals surface area contributed by atoms with Gasteiger partial charge in [-0.15, -0.1) is 0 Å². The van der Waals surface area contributed by atoms with Crippen LogP contribution >= 0.6 is 39.1 Å². The van der Waals surface area contributed by atoms with Gasteiger partial charge < -0.3 is 5.32 Å². The van der Waals surface area contributed by atoms with E-state index in [1.54, 1.807) is 12.1 Å². The molecule has 2 aromatic rings. The SMILES string of the molecule is CC(Nc1ccc(Br)cc1C#N)c1cc(F)c(Cl)cc1Cl. The first-order valence-corrected chi connectivity index (χ1v) is 7.58. The smallest absolute Gasteiger partial charge is 0.142 e. The molecule has 108 valence electrons. The van der Waals surface area contributed by atoms with E-state index in [4.69, 9.17) is 28.5 Å². The summed E-state index contributed by atoms with van der Waals surface area (Å²) in [5, 5.41) is 12.7. The Kier molecular flexibility index (Phi) is 5.10. The number of halogens is 4. The second-order valence-corrected chi connectivity index (χ2v) is 6.19. The molecule has 0 heterocycles. The Morgan fingerprint density at radius 1 is 1.24 bits per heavy atom. The van der Waals surface area contributed by atoms with Crippen molar-refractivity contribution in [2.75, 3.05) is 5.32 Å². The Bertz CT molecular complexity index is 728. The van der Waals surface area contributed by atoms with Gasteiger partial charge in [0.2, 0.25) is 0 Å². The number of hydrogen-bond donors (Lipinski definition) is 1. The van der Waals surface area contributed by atoms with E-state index in [1.807, 2.05) is 13.0 Å². The Hall–Kier alpha value is -1.28. The monoisotopic (exact) mass is 386 g/mol. The molecule has 0 spiro atoms. The van der Waals surface area contributed by atoms with Crippen LogP contribution < -0.4 is 5.32 Å². The second-order valence-electron chi connectivity index (χ2n) is 4.46. The molecule has 0 amide bonds. The third kappa shape index (κ3) is 3.68. The molecule has 1 N–H and O–H groups in total. The maximum absolute atomic E-state index is 13.6. The minimum Gasteiger partial charge on any atom is -0.377 e. The number of benzene rings is 2. The molecule has 0 saturated carbocycles. The molecule has 2 aromatic carbocycles. The first-order valence-electron chi connectivity index (χ1n) is 6.03. The molecule has 0 aliphatic rings. The molecule has 1 unspecified atom stereocenters. The quantitative estimate of drug-likeness (QED) is 0.661. The number of nitrogens with zero attached hydrogens (tertiary/aromatic N) is 1.